The predicted molar refractivity (Wildman–Crippen MR) is 111 cm³/mol. The molecule has 0 unspecified atom stereocenters. The third-order valence-electron chi connectivity index (χ3n) is 3.78. The molecule has 0 aliphatic rings. The number of carbonyl (C=O) groups excluding carboxylic acids is 2. The van der Waals surface area contributed by atoms with Gasteiger partial charge in [-0.15, -0.1) is 0 Å². The van der Waals surface area contributed by atoms with Crippen molar-refractivity contribution in [3.63, 3.8) is 0 Å². The van der Waals surface area contributed by atoms with Crippen LogP contribution in [0.4, 0.5) is 11.4 Å². The minimum Gasteiger partial charge on any atom is -0.494 e. The van der Waals surface area contributed by atoms with E-state index in [1.807, 2.05) is 6.92 Å². The van der Waals surface area contributed by atoms with E-state index in [0.717, 1.165) is 10.6 Å². The Morgan fingerprint density at radius 3 is 2.34 bits per heavy atom. The van der Waals surface area contributed by atoms with Gasteiger partial charge in [-0.25, -0.2) is 13.2 Å². The summed E-state index contributed by atoms with van der Waals surface area (Å²) in [6.45, 7) is 1.83. The molecule has 1 N–H and O–H groups in total. The molecule has 0 atom stereocenters. The lowest BCUT2D eigenvalue weighted by molar-refractivity contribution is -0.114. The number of rotatable bonds is 8. The molecule has 10 heteroatoms. The number of anilines is 2. The molecular weight excluding hydrogens is 420 g/mol. The molecule has 8 nitrogen and oxygen atoms in total. The summed E-state index contributed by atoms with van der Waals surface area (Å²) in [5, 5.41) is 2.72. The summed E-state index contributed by atoms with van der Waals surface area (Å²) in [6.07, 6.45) is 1.00. The van der Waals surface area contributed by atoms with Gasteiger partial charge in [-0.05, 0) is 49.4 Å². The summed E-state index contributed by atoms with van der Waals surface area (Å²) in [7, 11) is -2.51. The first-order chi connectivity index (χ1) is 13.7. The summed E-state index contributed by atoms with van der Waals surface area (Å²) in [4.78, 5) is 24.2. The molecule has 156 valence electrons. The van der Waals surface area contributed by atoms with Crippen LogP contribution in [0.15, 0.2) is 42.5 Å². The van der Waals surface area contributed by atoms with E-state index < -0.39 is 28.4 Å². The Kier molecular flexibility index (Phi) is 7.46. The van der Waals surface area contributed by atoms with Crippen LogP contribution in [0.5, 0.6) is 5.75 Å². The van der Waals surface area contributed by atoms with Crippen molar-refractivity contribution in [2.24, 2.45) is 0 Å². The molecule has 0 aromatic heterocycles. The molecule has 0 fully saturated rings. The van der Waals surface area contributed by atoms with Crippen LogP contribution in [-0.4, -0.2) is 46.8 Å². The minimum absolute atomic E-state index is 0.166. The normalized spacial score (nSPS) is 10.9. The van der Waals surface area contributed by atoms with Gasteiger partial charge in [0.05, 0.1) is 41.9 Å². The van der Waals surface area contributed by atoms with Crippen LogP contribution in [0.1, 0.15) is 17.3 Å². The Morgan fingerprint density at radius 1 is 1.14 bits per heavy atom. The zero-order valence-corrected chi connectivity index (χ0v) is 17.7. The quantitative estimate of drug-likeness (QED) is 0.633. The van der Waals surface area contributed by atoms with E-state index in [9.17, 15) is 18.0 Å². The van der Waals surface area contributed by atoms with Crippen LogP contribution < -0.4 is 14.4 Å². The number of halogens is 1. The number of nitrogens with one attached hydrogen (secondary N) is 1. The molecule has 0 aliphatic heterocycles. The van der Waals surface area contributed by atoms with Crippen LogP contribution >= 0.6 is 11.6 Å². The Labute approximate surface area is 174 Å². The van der Waals surface area contributed by atoms with Crippen molar-refractivity contribution in [2.45, 2.75) is 6.92 Å². The Morgan fingerprint density at radius 2 is 1.79 bits per heavy atom. The van der Waals surface area contributed by atoms with Gasteiger partial charge in [0.25, 0.3) is 0 Å². The maximum absolute atomic E-state index is 12.5. The SMILES string of the molecule is CCOc1ccc(N(CC(=O)Nc2cc(C(=O)OC)ccc2Cl)S(C)(=O)=O)cc1. The van der Waals surface area contributed by atoms with Gasteiger partial charge in [0.1, 0.15) is 12.3 Å². The monoisotopic (exact) mass is 440 g/mol. The minimum atomic E-state index is -3.74. The molecule has 2 aromatic carbocycles. The Hall–Kier alpha value is -2.78. The van der Waals surface area contributed by atoms with Crippen LogP contribution in [0.25, 0.3) is 0 Å². The number of hydrogen-bond acceptors (Lipinski definition) is 6. The second kappa shape index (κ2) is 9.62. The van der Waals surface area contributed by atoms with Crippen molar-refractivity contribution in [1.29, 1.82) is 0 Å². The van der Waals surface area contributed by atoms with E-state index in [1.165, 1.54) is 25.3 Å². The molecule has 0 radical (unpaired) electrons. The topological polar surface area (TPSA) is 102 Å². The van der Waals surface area contributed by atoms with Gasteiger partial charge < -0.3 is 14.8 Å². The molecule has 0 heterocycles. The van der Waals surface area contributed by atoms with Crippen LogP contribution in [0.3, 0.4) is 0 Å². The van der Waals surface area contributed by atoms with Crippen molar-refractivity contribution in [3.8, 4) is 5.75 Å². The van der Waals surface area contributed by atoms with Crippen molar-refractivity contribution in [1.82, 2.24) is 0 Å². The average Bonchev–Trinajstić information content (AvgIpc) is 2.67. The maximum Gasteiger partial charge on any atom is 0.337 e. The number of methoxy groups -OCH3 is 1. The number of sulfonamides is 1. The van der Waals surface area contributed by atoms with E-state index in [1.54, 1.807) is 24.3 Å². The van der Waals surface area contributed by atoms with Gasteiger partial charge in [-0.3, -0.25) is 9.10 Å². The molecular formula is C19H21ClN2O6S. The summed E-state index contributed by atoms with van der Waals surface area (Å²) in [5.74, 6) is -0.641. The zero-order valence-electron chi connectivity index (χ0n) is 16.1. The standard InChI is InChI=1S/C19H21ClN2O6S/c1-4-28-15-8-6-14(7-9-15)22(29(3,25)26)12-18(23)21-17-11-13(19(24)27-2)5-10-16(17)20/h5-11H,4,12H2,1-3H3,(H,21,23). The molecule has 0 aliphatic carbocycles. The first-order valence-corrected chi connectivity index (χ1v) is 10.8. The number of esters is 1. The van der Waals surface area contributed by atoms with Crippen molar-refractivity contribution in [3.05, 3.63) is 53.1 Å². The van der Waals surface area contributed by atoms with Gasteiger partial charge in [0.15, 0.2) is 0 Å². The molecule has 0 saturated carbocycles. The molecule has 2 aromatic rings. The summed E-state index contributed by atoms with van der Waals surface area (Å²) in [5.41, 5.74) is 0.666. The number of amides is 1. The first-order valence-electron chi connectivity index (χ1n) is 8.54. The van der Waals surface area contributed by atoms with E-state index in [-0.39, 0.29) is 16.3 Å². The third kappa shape index (κ3) is 6.10. The summed E-state index contributed by atoms with van der Waals surface area (Å²) < 4.78 is 35.3. The first kappa shape index (κ1) is 22.5. The highest BCUT2D eigenvalue weighted by molar-refractivity contribution is 7.92. The molecule has 0 bridgehead atoms. The fourth-order valence-electron chi connectivity index (χ4n) is 2.46. The van der Waals surface area contributed by atoms with Crippen molar-refractivity contribution >= 4 is 44.9 Å². The van der Waals surface area contributed by atoms with Gasteiger partial charge in [0, 0.05) is 0 Å². The highest BCUT2D eigenvalue weighted by Crippen LogP contribution is 2.25. The molecule has 2 rings (SSSR count). The maximum atomic E-state index is 12.5. The van der Waals surface area contributed by atoms with Crippen molar-refractivity contribution < 1.29 is 27.5 Å². The van der Waals surface area contributed by atoms with Crippen LogP contribution in [0.2, 0.25) is 5.02 Å². The van der Waals surface area contributed by atoms with Gasteiger partial charge in [0.2, 0.25) is 15.9 Å². The fourth-order valence-corrected chi connectivity index (χ4v) is 3.48. The third-order valence-corrected chi connectivity index (χ3v) is 5.25. The highest BCUT2D eigenvalue weighted by Gasteiger charge is 2.22. The predicted octanol–water partition coefficient (Wildman–Crippen LogP) is 2.93. The highest BCUT2D eigenvalue weighted by atomic mass is 35.5. The largest absolute Gasteiger partial charge is 0.494 e. The van der Waals surface area contributed by atoms with E-state index in [4.69, 9.17) is 16.3 Å². The molecule has 0 saturated heterocycles. The Balaban J connectivity index is 2.22. The number of ether oxygens (including phenoxy) is 2. The molecule has 29 heavy (non-hydrogen) atoms. The lowest BCUT2D eigenvalue weighted by Crippen LogP contribution is -2.37. The second-order valence-corrected chi connectivity index (χ2v) is 8.24. The lowest BCUT2D eigenvalue weighted by atomic mass is 10.2. The Bertz CT molecular complexity index is 992. The fraction of sp³-hybridized carbons (Fsp3) is 0.263. The van der Waals surface area contributed by atoms with Gasteiger partial charge >= 0.3 is 5.97 Å². The van der Waals surface area contributed by atoms with E-state index >= 15 is 0 Å². The van der Waals surface area contributed by atoms with E-state index in [0.29, 0.717) is 18.0 Å². The number of benzene rings is 2. The molecule has 1 amide bonds. The van der Waals surface area contributed by atoms with Gasteiger partial charge in [-0.2, -0.15) is 0 Å². The average molecular weight is 441 g/mol. The number of nitrogens with zero attached hydrogens (tertiary/aromatic N) is 1. The smallest absolute Gasteiger partial charge is 0.337 e. The zero-order chi connectivity index (χ0) is 21.6. The van der Waals surface area contributed by atoms with Crippen LogP contribution in [-0.2, 0) is 19.6 Å². The van der Waals surface area contributed by atoms with Crippen LogP contribution in [0, 0.1) is 0 Å². The molecule has 0 spiro atoms. The summed E-state index contributed by atoms with van der Waals surface area (Å²) >= 11 is 6.07. The van der Waals surface area contributed by atoms with E-state index in [2.05, 4.69) is 10.1 Å². The van der Waals surface area contributed by atoms with Gasteiger partial charge in [-0.1, -0.05) is 11.6 Å². The number of hydrogen-bond donors (Lipinski definition) is 1. The lowest BCUT2D eigenvalue weighted by Gasteiger charge is -2.22. The second-order valence-electron chi connectivity index (χ2n) is 5.93. The number of carbonyl (C=O) groups is 2. The van der Waals surface area contributed by atoms with Crippen molar-refractivity contribution in [2.75, 3.05) is 36.1 Å². The summed E-state index contributed by atoms with van der Waals surface area (Å²) in [6, 6.07) is 10.6.